The van der Waals surface area contributed by atoms with E-state index in [9.17, 15) is 0 Å². The van der Waals surface area contributed by atoms with Crippen LogP contribution in [0.25, 0.3) is 19.5 Å². The molecule has 0 saturated carbocycles. The van der Waals surface area contributed by atoms with Crippen molar-refractivity contribution in [1.82, 2.24) is 9.97 Å². The van der Waals surface area contributed by atoms with E-state index in [1.807, 2.05) is 46.4 Å². The van der Waals surface area contributed by atoms with Crippen LogP contribution in [-0.4, -0.2) is 9.97 Å². The monoisotopic (exact) mass is 642 g/mol. The van der Waals surface area contributed by atoms with Crippen LogP contribution in [0.5, 0.6) is 0 Å². The van der Waals surface area contributed by atoms with E-state index in [1.54, 1.807) is 0 Å². The summed E-state index contributed by atoms with van der Waals surface area (Å²) in [7, 11) is 0. The average molecular weight is 643 g/mol. The molecular formula is C40H38N2S3. The Morgan fingerprint density at radius 1 is 0.444 bits per heavy atom. The Kier molecular flexibility index (Phi) is 8.03. The van der Waals surface area contributed by atoms with Crippen molar-refractivity contribution in [3.05, 3.63) is 163 Å². The molecule has 0 saturated heterocycles. The molecular weight excluding hydrogens is 605 g/mol. The fraction of sp³-hybridized carbons (Fsp3) is 0.200. The maximum atomic E-state index is 3.53. The number of benzene rings is 2. The molecule has 2 nitrogen and oxygen atoms in total. The molecule has 7 rings (SSSR count). The van der Waals surface area contributed by atoms with Gasteiger partial charge in [0.1, 0.15) is 0 Å². The number of thiophene rings is 3. The first-order valence-electron chi connectivity index (χ1n) is 15.5. The minimum Gasteiger partial charge on any atom is -0.364 e. The second-order valence-corrected chi connectivity index (χ2v) is 15.6. The number of H-pyrrole nitrogens is 2. The van der Waals surface area contributed by atoms with E-state index in [2.05, 4.69) is 136 Å². The van der Waals surface area contributed by atoms with Crippen LogP contribution in [0, 0.1) is 41.5 Å². The Morgan fingerprint density at radius 2 is 0.800 bits per heavy atom. The fourth-order valence-corrected chi connectivity index (χ4v) is 10.6. The standard InChI is InChI=1S/C40H38N2S3/c1-23-19-25(3)37(26(4)20-23)39(29-9-7-17-41-29)35-15-13-33(44-35)31-11-12-32(43-31)34-14-16-36(45-34)40(30-10-8-18-42-30)38-27(5)21-24(2)22-28(38)6/h7-22,39-42H,1-6H3. The second kappa shape index (κ2) is 12.1. The third-order valence-electron chi connectivity index (χ3n) is 8.83. The van der Waals surface area contributed by atoms with Gasteiger partial charge in [0.2, 0.25) is 0 Å². The molecule has 2 unspecified atom stereocenters. The van der Waals surface area contributed by atoms with E-state index >= 15 is 0 Å². The molecule has 0 aliphatic carbocycles. The van der Waals surface area contributed by atoms with Gasteiger partial charge >= 0.3 is 0 Å². The quantitative estimate of drug-likeness (QED) is 0.165. The summed E-state index contributed by atoms with van der Waals surface area (Å²) in [5.41, 5.74) is 13.3. The van der Waals surface area contributed by atoms with Crippen molar-refractivity contribution in [1.29, 1.82) is 0 Å². The molecule has 7 aromatic rings. The smallest absolute Gasteiger partial charge is 0.0589 e. The highest BCUT2D eigenvalue weighted by molar-refractivity contribution is 7.26. The van der Waals surface area contributed by atoms with Crippen LogP contribution in [0.15, 0.2) is 97.3 Å². The van der Waals surface area contributed by atoms with Gasteiger partial charge in [-0.25, -0.2) is 0 Å². The molecule has 45 heavy (non-hydrogen) atoms. The molecule has 0 spiro atoms. The highest BCUT2D eigenvalue weighted by Gasteiger charge is 2.26. The van der Waals surface area contributed by atoms with Crippen molar-refractivity contribution in [3.8, 4) is 19.5 Å². The number of aromatic amines is 2. The third kappa shape index (κ3) is 5.69. The van der Waals surface area contributed by atoms with Crippen molar-refractivity contribution in [2.24, 2.45) is 0 Å². The summed E-state index contributed by atoms with van der Waals surface area (Å²) < 4.78 is 0. The molecule has 0 amide bonds. The number of nitrogens with one attached hydrogen (secondary N) is 2. The Bertz CT molecular complexity index is 1890. The van der Waals surface area contributed by atoms with E-state index in [0.717, 1.165) is 0 Å². The lowest BCUT2D eigenvalue weighted by Crippen LogP contribution is -2.07. The average Bonchev–Trinajstić information content (AvgIpc) is 3.83. The molecule has 5 aromatic heterocycles. The highest BCUT2D eigenvalue weighted by Crippen LogP contribution is 2.46. The summed E-state index contributed by atoms with van der Waals surface area (Å²) in [5.74, 6) is 0.384. The molecule has 2 atom stereocenters. The molecule has 0 radical (unpaired) electrons. The zero-order valence-electron chi connectivity index (χ0n) is 26.6. The maximum Gasteiger partial charge on any atom is 0.0589 e. The fourth-order valence-electron chi connectivity index (χ4n) is 7.13. The van der Waals surface area contributed by atoms with Crippen LogP contribution in [0.1, 0.15) is 77.5 Å². The largest absolute Gasteiger partial charge is 0.364 e. The van der Waals surface area contributed by atoms with Crippen molar-refractivity contribution in [2.45, 2.75) is 53.4 Å². The maximum absolute atomic E-state index is 3.53. The summed E-state index contributed by atoms with van der Waals surface area (Å²) in [4.78, 5) is 15.1. The molecule has 5 heterocycles. The predicted octanol–water partition coefficient (Wildman–Crippen LogP) is 12.1. The molecule has 0 bridgehead atoms. The zero-order chi connectivity index (χ0) is 31.2. The lowest BCUT2D eigenvalue weighted by molar-refractivity contribution is 0.928. The topological polar surface area (TPSA) is 31.6 Å². The molecule has 0 fully saturated rings. The van der Waals surface area contributed by atoms with E-state index in [1.165, 1.54) is 85.2 Å². The highest BCUT2D eigenvalue weighted by atomic mass is 32.1. The SMILES string of the molecule is Cc1cc(C)c(C(c2ccc[nH]2)c2ccc(-c3ccc(-c4ccc(C(c5ccc[nH]5)c5c(C)cc(C)cc5C)s4)s3)s2)c(C)c1. The Labute approximate surface area is 278 Å². The molecule has 226 valence electrons. The van der Waals surface area contributed by atoms with Crippen LogP contribution in [0.4, 0.5) is 0 Å². The minimum absolute atomic E-state index is 0.192. The Balaban J connectivity index is 1.22. The molecule has 2 aromatic carbocycles. The normalized spacial score (nSPS) is 12.9. The first-order valence-corrected chi connectivity index (χ1v) is 17.9. The molecule has 0 aliphatic rings. The number of hydrogen-bond acceptors (Lipinski definition) is 3. The van der Waals surface area contributed by atoms with Crippen LogP contribution in [0.2, 0.25) is 0 Å². The van der Waals surface area contributed by atoms with Gasteiger partial charge in [-0.3, -0.25) is 0 Å². The van der Waals surface area contributed by atoms with Gasteiger partial charge in [0.25, 0.3) is 0 Å². The van der Waals surface area contributed by atoms with Gasteiger partial charge in [0, 0.05) is 53.0 Å². The lowest BCUT2D eigenvalue weighted by atomic mass is 9.86. The summed E-state index contributed by atoms with van der Waals surface area (Å²) in [6.45, 7) is 13.4. The van der Waals surface area contributed by atoms with E-state index < -0.39 is 0 Å². The Hall–Kier alpha value is -3.90. The molecule has 0 aliphatic heterocycles. The summed E-state index contributed by atoms with van der Waals surface area (Å²) in [6, 6.07) is 31.8. The predicted molar refractivity (Wildman–Crippen MR) is 196 cm³/mol. The number of hydrogen-bond donors (Lipinski definition) is 2. The van der Waals surface area contributed by atoms with Crippen LogP contribution < -0.4 is 0 Å². The number of aromatic nitrogens is 2. The van der Waals surface area contributed by atoms with Crippen LogP contribution in [0.3, 0.4) is 0 Å². The van der Waals surface area contributed by atoms with E-state index in [-0.39, 0.29) is 11.8 Å². The lowest BCUT2D eigenvalue weighted by Gasteiger charge is -2.21. The zero-order valence-corrected chi connectivity index (χ0v) is 29.1. The van der Waals surface area contributed by atoms with Gasteiger partial charge in [-0.05, 0) is 136 Å². The summed E-state index contributed by atoms with van der Waals surface area (Å²) in [5, 5.41) is 0. The third-order valence-corrected chi connectivity index (χ3v) is 12.6. The van der Waals surface area contributed by atoms with Gasteiger partial charge < -0.3 is 9.97 Å². The van der Waals surface area contributed by atoms with Crippen molar-refractivity contribution < 1.29 is 0 Å². The number of rotatable bonds is 8. The van der Waals surface area contributed by atoms with Gasteiger partial charge in [-0.15, -0.1) is 34.0 Å². The molecule has 2 N–H and O–H groups in total. The first kappa shape index (κ1) is 29.8. The van der Waals surface area contributed by atoms with Gasteiger partial charge in [-0.1, -0.05) is 35.4 Å². The van der Waals surface area contributed by atoms with Crippen molar-refractivity contribution in [2.75, 3.05) is 0 Å². The first-order chi connectivity index (χ1) is 21.8. The van der Waals surface area contributed by atoms with Gasteiger partial charge in [0.15, 0.2) is 0 Å². The Morgan fingerprint density at radius 3 is 1.16 bits per heavy atom. The van der Waals surface area contributed by atoms with Gasteiger partial charge in [0.05, 0.1) is 11.8 Å². The number of aryl methyl sites for hydroxylation is 6. The van der Waals surface area contributed by atoms with E-state index in [4.69, 9.17) is 0 Å². The van der Waals surface area contributed by atoms with E-state index in [0.29, 0.717) is 0 Å². The molecule has 5 heteroatoms. The second-order valence-electron chi connectivity index (χ2n) is 12.3. The van der Waals surface area contributed by atoms with Crippen molar-refractivity contribution >= 4 is 34.0 Å². The summed E-state index contributed by atoms with van der Waals surface area (Å²) in [6.07, 6.45) is 4.08. The van der Waals surface area contributed by atoms with Crippen LogP contribution in [-0.2, 0) is 0 Å². The summed E-state index contributed by atoms with van der Waals surface area (Å²) >= 11 is 5.73. The minimum atomic E-state index is 0.192. The van der Waals surface area contributed by atoms with Crippen LogP contribution >= 0.6 is 34.0 Å². The van der Waals surface area contributed by atoms with Gasteiger partial charge in [-0.2, -0.15) is 0 Å². The van der Waals surface area contributed by atoms with Crippen molar-refractivity contribution in [3.63, 3.8) is 0 Å².